The molecule has 0 spiro atoms. The maximum atomic E-state index is 12.8. The smallest absolute Gasteiger partial charge is 0.320 e. The van der Waals surface area contributed by atoms with Gasteiger partial charge in [-0.2, -0.15) is 0 Å². The first-order valence-electron chi connectivity index (χ1n) is 9.04. The lowest BCUT2D eigenvalue weighted by Gasteiger charge is -2.38. The first kappa shape index (κ1) is 17.9. The first-order chi connectivity index (χ1) is 12.2. The van der Waals surface area contributed by atoms with Gasteiger partial charge in [0.15, 0.2) is 0 Å². The highest BCUT2D eigenvalue weighted by Gasteiger charge is 2.33. The third kappa shape index (κ3) is 5.03. The third-order valence-corrected chi connectivity index (χ3v) is 4.80. The molecule has 1 aromatic rings. The summed E-state index contributed by atoms with van der Waals surface area (Å²) >= 11 is 0. The molecule has 6 heteroatoms. The van der Waals surface area contributed by atoms with Crippen molar-refractivity contribution in [3.63, 3.8) is 0 Å². The molecule has 3 rings (SSSR count). The molecule has 6 nitrogen and oxygen atoms in total. The fraction of sp³-hybridized carbons (Fsp3) is 0.579. The van der Waals surface area contributed by atoms with E-state index < -0.39 is 0 Å². The Morgan fingerprint density at radius 2 is 1.84 bits per heavy atom. The largest absolute Gasteiger partial charge is 0.460 e. The van der Waals surface area contributed by atoms with Gasteiger partial charge in [-0.05, 0) is 24.9 Å². The average molecular weight is 346 g/mol. The molecule has 2 aliphatic heterocycles. The van der Waals surface area contributed by atoms with Crippen LogP contribution >= 0.6 is 0 Å². The number of hydrogen-bond acceptors (Lipinski definition) is 5. The molecular formula is C19H26N2O4. The van der Waals surface area contributed by atoms with Gasteiger partial charge in [0.1, 0.15) is 6.61 Å². The number of likely N-dealkylation sites (tertiary alicyclic amines) is 1. The van der Waals surface area contributed by atoms with Crippen LogP contribution in [-0.2, 0) is 25.7 Å². The van der Waals surface area contributed by atoms with E-state index in [-0.39, 0.29) is 31.1 Å². The standard InChI is InChI=1S/C19H26N2O4/c22-18(25-15-16-6-2-1-3-7-16)14-21-9-5-4-8-17(21)19(23)20-10-12-24-13-11-20/h1-3,6-7,17H,4-5,8-15H2. The molecule has 1 aromatic carbocycles. The zero-order valence-electron chi connectivity index (χ0n) is 14.6. The van der Waals surface area contributed by atoms with Crippen LogP contribution < -0.4 is 0 Å². The van der Waals surface area contributed by atoms with E-state index >= 15 is 0 Å². The highest BCUT2D eigenvalue weighted by molar-refractivity contribution is 5.83. The Bertz CT molecular complexity index is 572. The first-order valence-corrected chi connectivity index (χ1v) is 9.04. The summed E-state index contributed by atoms with van der Waals surface area (Å²) in [4.78, 5) is 28.9. The molecule has 25 heavy (non-hydrogen) atoms. The fourth-order valence-electron chi connectivity index (χ4n) is 3.40. The number of morpholine rings is 1. The summed E-state index contributed by atoms with van der Waals surface area (Å²) < 4.78 is 10.7. The summed E-state index contributed by atoms with van der Waals surface area (Å²) in [6, 6.07) is 9.42. The normalized spacial score (nSPS) is 21.8. The van der Waals surface area contributed by atoms with Crippen molar-refractivity contribution in [3.8, 4) is 0 Å². The van der Waals surface area contributed by atoms with Crippen LogP contribution in [0.3, 0.4) is 0 Å². The lowest BCUT2D eigenvalue weighted by atomic mass is 10.0. The summed E-state index contributed by atoms with van der Waals surface area (Å²) in [6.07, 6.45) is 2.84. The van der Waals surface area contributed by atoms with E-state index in [9.17, 15) is 9.59 Å². The van der Waals surface area contributed by atoms with Gasteiger partial charge in [0.25, 0.3) is 0 Å². The molecule has 0 radical (unpaired) electrons. The fourth-order valence-corrected chi connectivity index (χ4v) is 3.40. The van der Waals surface area contributed by atoms with Crippen LogP contribution in [0.1, 0.15) is 24.8 Å². The van der Waals surface area contributed by atoms with Crippen LogP contribution in [0.2, 0.25) is 0 Å². The Balaban J connectivity index is 1.53. The van der Waals surface area contributed by atoms with Crippen LogP contribution in [0.15, 0.2) is 30.3 Å². The van der Waals surface area contributed by atoms with Crippen molar-refractivity contribution in [2.24, 2.45) is 0 Å². The van der Waals surface area contributed by atoms with Gasteiger partial charge in [-0.25, -0.2) is 0 Å². The summed E-state index contributed by atoms with van der Waals surface area (Å²) in [7, 11) is 0. The van der Waals surface area contributed by atoms with Crippen molar-refractivity contribution < 1.29 is 19.1 Å². The van der Waals surface area contributed by atoms with Crippen LogP contribution in [0.5, 0.6) is 0 Å². The predicted molar refractivity (Wildman–Crippen MR) is 92.8 cm³/mol. The van der Waals surface area contributed by atoms with E-state index in [1.165, 1.54) is 0 Å². The molecule has 1 unspecified atom stereocenters. The molecule has 0 aliphatic carbocycles. The zero-order valence-corrected chi connectivity index (χ0v) is 14.6. The second-order valence-corrected chi connectivity index (χ2v) is 6.57. The van der Waals surface area contributed by atoms with Crippen molar-refractivity contribution >= 4 is 11.9 Å². The second kappa shape index (κ2) is 8.97. The number of nitrogens with zero attached hydrogens (tertiary/aromatic N) is 2. The minimum atomic E-state index is -0.273. The number of ether oxygens (including phenoxy) is 2. The van der Waals surface area contributed by atoms with E-state index in [1.54, 1.807) is 0 Å². The SMILES string of the molecule is O=C(CN1CCCCC1C(=O)N1CCOCC1)OCc1ccccc1. The average Bonchev–Trinajstić information content (AvgIpc) is 2.68. The van der Waals surface area contributed by atoms with E-state index in [0.29, 0.717) is 26.3 Å². The third-order valence-electron chi connectivity index (χ3n) is 4.80. The van der Waals surface area contributed by atoms with E-state index in [4.69, 9.17) is 9.47 Å². The number of rotatable bonds is 5. The molecule has 1 atom stereocenters. The number of carbonyl (C=O) groups excluding carboxylic acids is 2. The van der Waals surface area contributed by atoms with Gasteiger partial charge in [-0.3, -0.25) is 14.5 Å². The van der Waals surface area contributed by atoms with Gasteiger partial charge in [0.2, 0.25) is 5.91 Å². The highest BCUT2D eigenvalue weighted by atomic mass is 16.5. The molecule has 0 N–H and O–H groups in total. The van der Waals surface area contributed by atoms with E-state index in [1.807, 2.05) is 40.1 Å². The van der Waals surface area contributed by atoms with Crippen LogP contribution in [0.25, 0.3) is 0 Å². The number of hydrogen-bond donors (Lipinski definition) is 0. The molecule has 0 bridgehead atoms. The highest BCUT2D eigenvalue weighted by Crippen LogP contribution is 2.19. The van der Waals surface area contributed by atoms with Gasteiger partial charge >= 0.3 is 5.97 Å². The van der Waals surface area contributed by atoms with Gasteiger partial charge in [-0.15, -0.1) is 0 Å². The molecule has 0 aromatic heterocycles. The number of amides is 1. The van der Waals surface area contributed by atoms with E-state index in [2.05, 4.69) is 0 Å². The molecule has 2 fully saturated rings. The monoisotopic (exact) mass is 346 g/mol. The molecule has 2 heterocycles. The Morgan fingerprint density at radius 1 is 1.08 bits per heavy atom. The molecule has 136 valence electrons. The Morgan fingerprint density at radius 3 is 2.60 bits per heavy atom. The topological polar surface area (TPSA) is 59.1 Å². The Kier molecular flexibility index (Phi) is 6.42. The van der Waals surface area contributed by atoms with Crippen molar-refractivity contribution in [2.45, 2.75) is 31.9 Å². The van der Waals surface area contributed by atoms with Gasteiger partial charge in [0, 0.05) is 13.1 Å². The van der Waals surface area contributed by atoms with Crippen molar-refractivity contribution in [3.05, 3.63) is 35.9 Å². The van der Waals surface area contributed by atoms with Crippen molar-refractivity contribution in [1.82, 2.24) is 9.80 Å². The molecule has 1 amide bonds. The van der Waals surface area contributed by atoms with Crippen LogP contribution in [0.4, 0.5) is 0 Å². The Labute approximate surface area is 148 Å². The van der Waals surface area contributed by atoms with E-state index in [0.717, 1.165) is 31.4 Å². The number of benzene rings is 1. The number of esters is 1. The summed E-state index contributed by atoms with van der Waals surface area (Å²) in [5.41, 5.74) is 0.968. The molecule has 2 aliphatic rings. The Hall–Kier alpha value is -1.92. The maximum absolute atomic E-state index is 12.8. The summed E-state index contributed by atoms with van der Waals surface area (Å²) in [6.45, 7) is 3.68. The van der Waals surface area contributed by atoms with Gasteiger partial charge in [0.05, 0.1) is 25.8 Å². The number of carbonyl (C=O) groups is 2. The molecule has 0 saturated carbocycles. The molecule has 2 saturated heterocycles. The molecular weight excluding hydrogens is 320 g/mol. The van der Waals surface area contributed by atoms with Gasteiger partial charge < -0.3 is 14.4 Å². The van der Waals surface area contributed by atoms with Crippen molar-refractivity contribution in [2.75, 3.05) is 39.4 Å². The lowest BCUT2D eigenvalue weighted by molar-refractivity contribution is -0.150. The van der Waals surface area contributed by atoms with Gasteiger partial charge in [-0.1, -0.05) is 36.8 Å². The van der Waals surface area contributed by atoms with Crippen LogP contribution in [0, 0.1) is 0 Å². The second-order valence-electron chi connectivity index (χ2n) is 6.57. The minimum Gasteiger partial charge on any atom is -0.460 e. The minimum absolute atomic E-state index is 0.124. The zero-order chi connectivity index (χ0) is 17.5. The van der Waals surface area contributed by atoms with Crippen LogP contribution in [-0.4, -0.2) is 67.1 Å². The summed E-state index contributed by atoms with van der Waals surface area (Å²) in [5, 5.41) is 0. The quantitative estimate of drug-likeness (QED) is 0.755. The number of piperidine rings is 1. The van der Waals surface area contributed by atoms with Crippen molar-refractivity contribution in [1.29, 1.82) is 0 Å². The lowest BCUT2D eigenvalue weighted by Crippen LogP contribution is -2.54. The maximum Gasteiger partial charge on any atom is 0.320 e. The summed E-state index contributed by atoms with van der Waals surface area (Å²) in [5.74, 6) is -0.149. The predicted octanol–water partition coefficient (Wildman–Crippen LogP) is 1.44.